The number of aromatic nitrogens is 2. The quantitative estimate of drug-likeness (QED) is 0.404. The van der Waals surface area contributed by atoms with Crippen LogP contribution in [0.4, 0.5) is 5.69 Å². The molecular weight excluding hydrogens is 392 g/mol. The Balaban J connectivity index is 1.75. The van der Waals surface area contributed by atoms with Crippen LogP contribution in [0.5, 0.6) is 5.75 Å². The van der Waals surface area contributed by atoms with Gasteiger partial charge in [-0.15, -0.1) is 0 Å². The summed E-state index contributed by atoms with van der Waals surface area (Å²) in [5.41, 5.74) is 4.07. The molecule has 1 heterocycles. The summed E-state index contributed by atoms with van der Waals surface area (Å²) < 4.78 is 5.69. The van der Waals surface area contributed by atoms with Crippen molar-refractivity contribution >= 4 is 22.7 Å². The molecule has 0 fully saturated rings. The average molecular weight is 412 g/mol. The molecule has 4 rings (SSSR count). The molecule has 0 aliphatic carbocycles. The number of nitrogens with zero attached hydrogens (tertiary/aromatic N) is 2. The summed E-state index contributed by atoms with van der Waals surface area (Å²) in [5, 5.41) is 21.9. The predicted molar refractivity (Wildman–Crippen MR) is 118 cm³/mol. The smallest absolute Gasteiger partial charge is 0.330 e. The van der Waals surface area contributed by atoms with Gasteiger partial charge in [-0.25, -0.2) is 9.78 Å². The number of hydrogen-bond donors (Lipinski definition) is 3. The van der Waals surface area contributed by atoms with Crippen LogP contribution in [-0.4, -0.2) is 27.7 Å². The second kappa shape index (κ2) is 8.59. The number of imidazole rings is 1. The average Bonchev–Trinajstić information content (AvgIpc) is 3.22. The Morgan fingerprint density at radius 1 is 1.19 bits per heavy atom. The first-order valence-electron chi connectivity index (χ1n) is 9.80. The molecular formula is C24H20N4O3. The van der Waals surface area contributed by atoms with E-state index in [0.717, 1.165) is 16.6 Å². The fourth-order valence-corrected chi connectivity index (χ4v) is 3.36. The SMILES string of the molecule is CCOc1cc(-c2nc3ccccc3[nH]2)cc(C(Nc2ccc(C#N)cc2)C(=O)O)c1. The number of carboxylic acids is 1. The molecule has 7 heteroatoms. The maximum Gasteiger partial charge on any atom is 0.330 e. The predicted octanol–water partition coefficient (Wildman–Crippen LogP) is 4.74. The normalized spacial score (nSPS) is 11.6. The van der Waals surface area contributed by atoms with E-state index in [9.17, 15) is 9.90 Å². The van der Waals surface area contributed by atoms with Gasteiger partial charge in [0.1, 0.15) is 11.6 Å². The van der Waals surface area contributed by atoms with Gasteiger partial charge in [0.2, 0.25) is 0 Å². The van der Waals surface area contributed by atoms with Crippen LogP contribution in [0, 0.1) is 11.3 Å². The van der Waals surface area contributed by atoms with Crippen molar-refractivity contribution in [2.24, 2.45) is 0 Å². The van der Waals surface area contributed by atoms with Crippen molar-refractivity contribution in [2.45, 2.75) is 13.0 Å². The van der Waals surface area contributed by atoms with E-state index in [0.29, 0.717) is 35.0 Å². The van der Waals surface area contributed by atoms with Crippen LogP contribution in [0.3, 0.4) is 0 Å². The number of benzene rings is 3. The first-order valence-corrected chi connectivity index (χ1v) is 9.80. The maximum absolute atomic E-state index is 12.1. The lowest BCUT2D eigenvalue weighted by Crippen LogP contribution is -2.20. The minimum Gasteiger partial charge on any atom is -0.494 e. The standard InChI is InChI=1S/C24H20N4O3/c1-2-31-19-12-16(22(24(29)30)26-18-9-7-15(14-25)8-10-18)11-17(13-19)23-27-20-5-3-4-6-21(20)28-23/h3-13,22,26H,2H2,1H3,(H,27,28)(H,29,30). The number of para-hydroxylation sites is 2. The highest BCUT2D eigenvalue weighted by Gasteiger charge is 2.22. The van der Waals surface area contributed by atoms with Crippen molar-refractivity contribution in [2.75, 3.05) is 11.9 Å². The second-order valence-corrected chi connectivity index (χ2v) is 6.93. The summed E-state index contributed by atoms with van der Waals surface area (Å²) in [7, 11) is 0. The minimum atomic E-state index is -1.03. The summed E-state index contributed by atoms with van der Waals surface area (Å²) >= 11 is 0. The third-order valence-electron chi connectivity index (χ3n) is 4.81. The van der Waals surface area contributed by atoms with Crippen molar-refractivity contribution in [1.29, 1.82) is 5.26 Å². The summed E-state index contributed by atoms with van der Waals surface area (Å²) in [6, 6.07) is 20.7. The van der Waals surface area contributed by atoms with Crippen molar-refractivity contribution in [3.8, 4) is 23.2 Å². The fourth-order valence-electron chi connectivity index (χ4n) is 3.36. The molecule has 0 aliphatic rings. The maximum atomic E-state index is 12.1. The number of rotatable bonds is 7. The topological polar surface area (TPSA) is 111 Å². The lowest BCUT2D eigenvalue weighted by Gasteiger charge is -2.18. The van der Waals surface area contributed by atoms with Crippen LogP contribution in [-0.2, 0) is 4.79 Å². The third-order valence-corrected chi connectivity index (χ3v) is 4.81. The fraction of sp³-hybridized carbons (Fsp3) is 0.125. The molecule has 3 N–H and O–H groups in total. The third kappa shape index (κ3) is 4.33. The van der Waals surface area contributed by atoms with E-state index in [1.54, 1.807) is 36.4 Å². The van der Waals surface area contributed by atoms with E-state index in [2.05, 4.69) is 15.3 Å². The molecule has 0 saturated heterocycles. The van der Waals surface area contributed by atoms with Gasteiger partial charge in [0.15, 0.2) is 6.04 Å². The molecule has 0 spiro atoms. The molecule has 1 unspecified atom stereocenters. The van der Waals surface area contributed by atoms with Crippen LogP contribution in [0.2, 0.25) is 0 Å². The Bertz CT molecular complexity index is 1240. The number of carbonyl (C=O) groups is 1. The van der Waals surface area contributed by atoms with Gasteiger partial charge in [0.25, 0.3) is 0 Å². The Labute approximate surface area is 178 Å². The van der Waals surface area contributed by atoms with Gasteiger partial charge in [-0.3, -0.25) is 0 Å². The molecule has 3 aromatic carbocycles. The van der Waals surface area contributed by atoms with E-state index >= 15 is 0 Å². The molecule has 1 aromatic heterocycles. The van der Waals surface area contributed by atoms with Gasteiger partial charge in [-0.2, -0.15) is 5.26 Å². The summed E-state index contributed by atoms with van der Waals surface area (Å²) in [5.74, 6) is 0.156. The van der Waals surface area contributed by atoms with E-state index in [4.69, 9.17) is 10.00 Å². The molecule has 4 aromatic rings. The second-order valence-electron chi connectivity index (χ2n) is 6.93. The molecule has 0 amide bonds. The Kier molecular flexibility index (Phi) is 5.54. The summed E-state index contributed by atoms with van der Waals surface area (Å²) in [4.78, 5) is 20.0. The monoisotopic (exact) mass is 412 g/mol. The molecule has 0 saturated carbocycles. The van der Waals surface area contributed by atoms with Crippen molar-refractivity contribution in [3.63, 3.8) is 0 Å². The number of hydrogen-bond acceptors (Lipinski definition) is 5. The molecule has 154 valence electrons. The van der Waals surface area contributed by atoms with Crippen LogP contribution in [0.1, 0.15) is 24.1 Å². The number of aliphatic carboxylic acids is 1. The van der Waals surface area contributed by atoms with Crippen LogP contribution >= 0.6 is 0 Å². The van der Waals surface area contributed by atoms with Crippen molar-refractivity contribution in [3.05, 3.63) is 77.9 Å². The highest BCUT2D eigenvalue weighted by atomic mass is 16.5. The van der Waals surface area contributed by atoms with Gasteiger partial charge in [-0.1, -0.05) is 12.1 Å². The van der Waals surface area contributed by atoms with E-state index in [-0.39, 0.29) is 0 Å². The zero-order valence-electron chi connectivity index (χ0n) is 16.8. The molecule has 31 heavy (non-hydrogen) atoms. The van der Waals surface area contributed by atoms with E-state index in [1.807, 2.05) is 43.3 Å². The highest BCUT2D eigenvalue weighted by Crippen LogP contribution is 2.30. The Hall–Kier alpha value is -4.31. The van der Waals surface area contributed by atoms with Gasteiger partial charge in [0, 0.05) is 11.3 Å². The van der Waals surface area contributed by atoms with Crippen LogP contribution in [0.15, 0.2) is 66.7 Å². The first kappa shape index (κ1) is 20.0. The van der Waals surface area contributed by atoms with Crippen LogP contribution in [0.25, 0.3) is 22.4 Å². The first-order chi connectivity index (χ1) is 15.1. The lowest BCUT2D eigenvalue weighted by molar-refractivity contribution is -0.138. The Morgan fingerprint density at radius 3 is 2.65 bits per heavy atom. The largest absolute Gasteiger partial charge is 0.494 e. The van der Waals surface area contributed by atoms with Gasteiger partial charge in [0.05, 0.1) is 29.3 Å². The molecule has 7 nitrogen and oxygen atoms in total. The molecule has 0 bridgehead atoms. The number of carboxylic acid groups (broad SMARTS) is 1. The zero-order chi connectivity index (χ0) is 21.8. The van der Waals surface area contributed by atoms with Gasteiger partial charge >= 0.3 is 5.97 Å². The van der Waals surface area contributed by atoms with E-state index < -0.39 is 12.0 Å². The number of anilines is 1. The minimum absolute atomic E-state index is 0.448. The van der Waals surface area contributed by atoms with Gasteiger partial charge < -0.3 is 20.1 Å². The summed E-state index contributed by atoms with van der Waals surface area (Å²) in [6.45, 7) is 2.32. The highest BCUT2D eigenvalue weighted by molar-refractivity contribution is 5.82. The van der Waals surface area contributed by atoms with Gasteiger partial charge in [-0.05, 0) is 67.1 Å². The molecule has 0 radical (unpaired) electrons. The lowest BCUT2D eigenvalue weighted by atomic mass is 10.0. The number of fused-ring (bicyclic) bond motifs is 1. The number of ether oxygens (including phenoxy) is 1. The molecule has 0 aliphatic heterocycles. The number of nitrogens with one attached hydrogen (secondary N) is 2. The Morgan fingerprint density at radius 2 is 1.97 bits per heavy atom. The van der Waals surface area contributed by atoms with E-state index in [1.165, 1.54) is 0 Å². The van der Waals surface area contributed by atoms with Crippen LogP contribution < -0.4 is 10.1 Å². The summed E-state index contributed by atoms with van der Waals surface area (Å²) in [6.07, 6.45) is 0. The molecule has 1 atom stereocenters. The number of H-pyrrole nitrogens is 1. The number of nitriles is 1. The number of aromatic amines is 1. The van der Waals surface area contributed by atoms with Crippen molar-refractivity contribution < 1.29 is 14.6 Å². The zero-order valence-corrected chi connectivity index (χ0v) is 16.8. The van der Waals surface area contributed by atoms with Crippen molar-refractivity contribution in [1.82, 2.24) is 9.97 Å².